The molecule has 2 radical (unpaired) electrons. The number of rotatable bonds is 0. The second kappa shape index (κ2) is 11.4. The summed E-state index contributed by atoms with van der Waals surface area (Å²) >= 11 is 0. The maximum atomic E-state index is 3.94. The van der Waals surface area contributed by atoms with Gasteiger partial charge in [-0.15, -0.1) is 22.7 Å². The van der Waals surface area contributed by atoms with E-state index in [-0.39, 0.29) is 34.1 Å². The van der Waals surface area contributed by atoms with Crippen LogP contribution in [0.15, 0.2) is 72.8 Å². The number of nitrogens with one attached hydrogen (secondary N) is 5. The average molecular weight is 486 g/mol. The number of fused-ring (bicyclic) bond motifs is 3. The Balaban J connectivity index is 0.000000150. The van der Waals surface area contributed by atoms with E-state index in [1.54, 1.807) is 0 Å². The number of anilines is 2. The van der Waals surface area contributed by atoms with Crippen molar-refractivity contribution in [1.82, 2.24) is 16.6 Å². The summed E-state index contributed by atoms with van der Waals surface area (Å²) < 4.78 is 0. The molecule has 3 heterocycles. The van der Waals surface area contributed by atoms with Crippen LogP contribution in [-0.2, 0) is 34.1 Å². The second-order valence-corrected chi connectivity index (χ2v) is 5.54. The summed E-state index contributed by atoms with van der Waals surface area (Å²) in [7, 11) is 0. The van der Waals surface area contributed by atoms with Crippen LogP contribution in [0.2, 0.25) is 0 Å². The third-order valence-electron chi connectivity index (χ3n) is 3.76. The standard InChI is InChI=1S/2C6H6N3.C6H5N3.2Cu/c3*1-2-4-6-5(3-1)7-9-8-6;;/h2*1-4,7,9H;1-4,9H;;/q2*-1;-2;2*+2. The van der Waals surface area contributed by atoms with Crippen LogP contribution in [0.25, 0.3) is 21.7 Å². The molecule has 0 fully saturated rings. The molecule has 3 aliphatic rings. The Hall–Kier alpha value is -2.62. The van der Waals surface area contributed by atoms with E-state index >= 15 is 0 Å². The SMILES string of the molecule is [Cu+2].[Cu+2].c1ccc2c(c1)[N-]NN2.c1ccc2c(c1)[N-]NN2.c1ccc2c(c1)[N-]N[N-]2. The summed E-state index contributed by atoms with van der Waals surface area (Å²) in [6.07, 6.45) is 0. The average Bonchev–Trinajstić information content (AvgIpc) is 3.48. The van der Waals surface area contributed by atoms with Crippen LogP contribution in [0.3, 0.4) is 0 Å². The number of hydrogen-bond donors (Lipinski definition) is 5. The van der Waals surface area contributed by atoms with Crippen LogP contribution in [0.4, 0.5) is 34.1 Å². The van der Waals surface area contributed by atoms with Crippen LogP contribution in [0.1, 0.15) is 0 Å². The van der Waals surface area contributed by atoms with E-state index in [0.717, 1.165) is 34.1 Å². The first-order chi connectivity index (χ1) is 13.4. The van der Waals surface area contributed by atoms with Gasteiger partial charge < -0.3 is 49.2 Å². The van der Waals surface area contributed by atoms with Crippen molar-refractivity contribution in [2.45, 2.75) is 0 Å². The van der Waals surface area contributed by atoms with Gasteiger partial charge in [0.05, 0.1) is 0 Å². The molecule has 0 aromatic heterocycles. The first kappa shape index (κ1) is 22.7. The van der Waals surface area contributed by atoms with E-state index in [9.17, 15) is 0 Å². The number of para-hydroxylation sites is 6. The fourth-order valence-electron chi connectivity index (χ4n) is 2.44. The maximum Gasteiger partial charge on any atom is 2.00 e. The van der Waals surface area contributed by atoms with E-state index in [4.69, 9.17) is 0 Å². The third-order valence-corrected chi connectivity index (χ3v) is 3.76. The Kier molecular flexibility index (Phi) is 8.91. The normalized spacial score (nSPS) is 12.8. The van der Waals surface area contributed by atoms with Gasteiger partial charge in [-0.25, -0.2) is 0 Å². The van der Waals surface area contributed by atoms with Crippen LogP contribution in [-0.4, -0.2) is 0 Å². The summed E-state index contributed by atoms with van der Waals surface area (Å²) in [5.74, 6) is 0. The molecule has 0 atom stereocenters. The quantitative estimate of drug-likeness (QED) is 0.280. The molecule has 5 N–H and O–H groups in total. The summed E-state index contributed by atoms with van der Waals surface area (Å²) in [6, 6.07) is 23.4. The molecular weight excluding hydrogens is 469 g/mol. The number of hydrazine groups is 2. The fourth-order valence-corrected chi connectivity index (χ4v) is 2.44. The van der Waals surface area contributed by atoms with E-state index in [1.807, 2.05) is 72.8 Å². The Morgan fingerprint density at radius 1 is 0.448 bits per heavy atom. The van der Waals surface area contributed by atoms with E-state index in [1.165, 1.54) is 0 Å². The van der Waals surface area contributed by atoms with Crippen molar-refractivity contribution in [2.24, 2.45) is 0 Å². The predicted molar refractivity (Wildman–Crippen MR) is 108 cm³/mol. The largest absolute Gasteiger partial charge is 2.00 e. The zero-order chi connectivity index (χ0) is 18.3. The molecule has 0 spiro atoms. The zero-order valence-corrected chi connectivity index (χ0v) is 16.7. The second-order valence-electron chi connectivity index (χ2n) is 5.54. The molecule has 3 aliphatic heterocycles. The molecule has 0 amide bonds. The molecule has 6 rings (SSSR count). The summed E-state index contributed by atoms with van der Waals surface area (Å²) in [5, 5.41) is 0. The van der Waals surface area contributed by atoms with Gasteiger partial charge >= 0.3 is 34.1 Å². The van der Waals surface area contributed by atoms with Gasteiger partial charge in [0.2, 0.25) is 0 Å². The van der Waals surface area contributed by atoms with Crippen molar-refractivity contribution in [3.05, 3.63) is 94.5 Å². The molecule has 0 unspecified atom stereocenters. The van der Waals surface area contributed by atoms with Crippen LogP contribution in [0.5, 0.6) is 0 Å². The Morgan fingerprint density at radius 2 is 0.828 bits per heavy atom. The molecule has 156 valence electrons. The summed E-state index contributed by atoms with van der Waals surface area (Å²) in [4.78, 5) is 0. The van der Waals surface area contributed by atoms with Gasteiger partial charge in [-0.2, -0.15) is 0 Å². The first-order valence-corrected chi connectivity index (χ1v) is 8.27. The van der Waals surface area contributed by atoms with Crippen molar-refractivity contribution in [2.75, 3.05) is 10.9 Å². The molecule has 9 nitrogen and oxygen atoms in total. The van der Waals surface area contributed by atoms with E-state index in [2.05, 4.69) is 49.2 Å². The topological polar surface area (TPSA) is 117 Å². The molecule has 0 saturated heterocycles. The number of benzene rings is 3. The monoisotopic (exact) mass is 485 g/mol. The van der Waals surface area contributed by atoms with E-state index < -0.39 is 0 Å². The molecule has 0 saturated carbocycles. The van der Waals surface area contributed by atoms with Crippen LogP contribution >= 0.6 is 0 Å². The molecule has 3 aromatic carbocycles. The van der Waals surface area contributed by atoms with Crippen LogP contribution in [0, 0.1) is 0 Å². The number of nitrogens with zero attached hydrogens (tertiary/aromatic N) is 4. The summed E-state index contributed by atoms with van der Waals surface area (Å²) in [5.41, 5.74) is 35.1. The first-order valence-electron chi connectivity index (χ1n) is 8.27. The van der Waals surface area contributed by atoms with E-state index in [0.29, 0.717) is 0 Å². The molecular formula is C18H17Cu2N9. The predicted octanol–water partition coefficient (Wildman–Crippen LogP) is 5.20. The van der Waals surface area contributed by atoms with Crippen molar-refractivity contribution in [3.63, 3.8) is 0 Å². The van der Waals surface area contributed by atoms with Crippen molar-refractivity contribution in [1.29, 1.82) is 0 Å². The Labute approximate surface area is 190 Å². The molecule has 3 aromatic rings. The Morgan fingerprint density at radius 3 is 1.24 bits per heavy atom. The Bertz CT molecular complexity index is 723. The van der Waals surface area contributed by atoms with Gasteiger partial charge in [-0.05, 0) is 12.1 Å². The molecule has 29 heavy (non-hydrogen) atoms. The van der Waals surface area contributed by atoms with Gasteiger partial charge in [0.1, 0.15) is 0 Å². The molecule has 0 bridgehead atoms. The van der Waals surface area contributed by atoms with Gasteiger partial charge in [0.15, 0.2) is 0 Å². The van der Waals surface area contributed by atoms with Gasteiger partial charge in [-0.1, -0.05) is 60.7 Å². The van der Waals surface area contributed by atoms with Crippen molar-refractivity contribution >= 4 is 34.1 Å². The maximum absolute atomic E-state index is 3.94. The zero-order valence-electron chi connectivity index (χ0n) is 14.8. The molecule has 11 heteroatoms. The van der Waals surface area contributed by atoms with Crippen molar-refractivity contribution in [3.8, 4) is 0 Å². The summed E-state index contributed by atoms with van der Waals surface area (Å²) in [6.45, 7) is 0. The van der Waals surface area contributed by atoms with Crippen LogP contribution < -0.4 is 27.5 Å². The van der Waals surface area contributed by atoms with Gasteiger partial charge in [0.25, 0.3) is 0 Å². The van der Waals surface area contributed by atoms with Gasteiger partial charge in [-0.3, -0.25) is 0 Å². The minimum atomic E-state index is 0. The fraction of sp³-hybridized carbons (Fsp3) is 0. The van der Waals surface area contributed by atoms with Crippen molar-refractivity contribution < 1.29 is 34.1 Å². The minimum absolute atomic E-state index is 0. The minimum Gasteiger partial charge on any atom is -0.639 e. The molecule has 0 aliphatic carbocycles. The van der Waals surface area contributed by atoms with Gasteiger partial charge in [0, 0.05) is 11.4 Å². The number of hydrogen-bond acceptors (Lipinski definition) is 5. The smallest absolute Gasteiger partial charge is 0.639 e. The third kappa shape index (κ3) is 5.93.